The van der Waals surface area contributed by atoms with Gasteiger partial charge in [0.1, 0.15) is 5.82 Å². The first-order valence-electron chi connectivity index (χ1n) is 7.62. The van der Waals surface area contributed by atoms with Crippen molar-refractivity contribution in [1.82, 2.24) is 4.98 Å². The van der Waals surface area contributed by atoms with E-state index in [2.05, 4.69) is 57.9 Å². The van der Waals surface area contributed by atoms with E-state index in [0.717, 1.165) is 35.9 Å². The predicted molar refractivity (Wildman–Crippen MR) is 96.1 cm³/mol. The quantitative estimate of drug-likeness (QED) is 0.792. The molecule has 2 N–H and O–H groups in total. The van der Waals surface area contributed by atoms with Crippen LogP contribution < -0.4 is 10.6 Å². The van der Waals surface area contributed by atoms with Gasteiger partial charge < -0.3 is 10.6 Å². The number of anilines is 2. The topological polar surface area (TPSA) is 49.3 Å². The molecule has 2 aromatic rings. The zero-order valence-electron chi connectivity index (χ0n) is 13.8. The van der Waals surface area contributed by atoms with Gasteiger partial charge in [-0.05, 0) is 32.4 Å². The zero-order valence-corrected chi connectivity index (χ0v) is 13.8. The van der Waals surface area contributed by atoms with Gasteiger partial charge in [-0.3, -0.25) is 4.99 Å². The lowest BCUT2D eigenvalue weighted by atomic mass is 10.1. The first-order valence-corrected chi connectivity index (χ1v) is 7.62. The number of hydrogen-bond donors (Lipinski definition) is 2. The van der Waals surface area contributed by atoms with Crippen molar-refractivity contribution in [2.45, 2.75) is 20.8 Å². The monoisotopic (exact) mass is 296 g/mol. The Kier molecular flexibility index (Phi) is 5.53. The summed E-state index contributed by atoms with van der Waals surface area (Å²) in [6, 6.07) is 10.6. The molecule has 0 aliphatic carbocycles. The van der Waals surface area contributed by atoms with Crippen molar-refractivity contribution in [2.75, 3.05) is 30.8 Å². The van der Waals surface area contributed by atoms with Crippen LogP contribution in [0, 0.1) is 6.92 Å². The molecule has 4 nitrogen and oxygen atoms in total. The average Bonchev–Trinajstić information content (AvgIpc) is 2.53. The van der Waals surface area contributed by atoms with Crippen LogP contribution in [-0.4, -0.2) is 30.8 Å². The number of aryl methyl sites for hydroxylation is 1. The molecule has 1 aromatic carbocycles. The highest BCUT2D eigenvalue weighted by atomic mass is 15.0. The number of pyridine rings is 1. The smallest absolute Gasteiger partial charge is 0.149 e. The third kappa shape index (κ3) is 4.07. The second kappa shape index (κ2) is 7.59. The molecule has 1 heterocycles. The highest BCUT2D eigenvalue weighted by Crippen LogP contribution is 2.26. The summed E-state index contributed by atoms with van der Waals surface area (Å²) in [6.07, 6.45) is 1.90. The molecule has 0 bridgehead atoms. The Labute approximate surface area is 132 Å². The second-order valence-electron chi connectivity index (χ2n) is 5.30. The molecule has 0 spiro atoms. The van der Waals surface area contributed by atoms with Crippen molar-refractivity contribution in [1.29, 1.82) is 0 Å². The maximum atomic E-state index is 4.51. The van der Waals surface area contributed by atoms with Crippen LogP contribution in [0.5, 0.6) is 0 Å². The lowest BCUT2D eigenvalue weighted by Gasteiger charge is -2.13. The van der Waals surface area contributed by atoms with Gasteiger partial charge in [0.2, 0.25) is 0 Å². The van der Waals surface area contributed by atoms with Gasteiger partial charge in [0.05, 0.1) is 12.2 Å². The summed E-state index contributed by atoms with van der Waals surface area (Å²) < 4.78 is 0. The summed E-state index contributed by atoms with van der Waals surface area (Å²) in [5, 5.41) is 6.54. The van der Waals surface area contributed by atoms with Crippen molar-refractivity contribution in [3.05, 3.63) is 42.1 Å². The van der Waals surface area contributed by atoms with Gasteiger partial charge in [0, 0.05) is 31.1 Å². The lowest BCUT2D eigenvalue weighted by molar-refractivity contribution is 1.11. The van der Waals surface area contributed by atoms with E-state index in [-0.39, 0.29) is 0 Å². The van der Waals surface area contributed by atoms with Crippen LogP contribution >= 0.6 is 0 Å². The molecule has 1 aromatic heterocycles. The summed E-state index contributed by atoms with van der Waals surface area (Å²) >= 11 is 0. The van der Waals surface area contributed by atoms with E-state index in [0.29, 0.717) is 0 Å². The summed E-state index contributed by atoms with van der Waals surface area (Å²) in [5.41, 5.74) is 5.61. The first-order chi connectivity index (χ1) is 10.6. The van der Waals surface area contributed by atoms with Crippen LogP contribution in [0.3, 0.4) is 0 Å². The third-order valence-electron chi connectivity index (χ3n) is 3.47. The Balaban J connectivity index is 2.25. The van der Waals surface area contributed by atoms with E-state index in [1.807, 2.05) is 27.1 Å². The number of aliphatic imine (C=N–C) groups is 1. The highest BCUT2D eigenvalue weighted by molar-refractivity contribution is 5.87. The van der Waals surface area contributed by atoms with Crippen LogP contribution in [0.1, 0.15) is 19.4 Å². The SMILES string of the molecule is CC/N=C(\C)CNc1cc(-c2ccc(C)cc2)cnc1NC. The van der Waals surface area contributed by atoms with Crippen molar-refractivity contribution in [2.24, 2.45) is 4.99 Å². The molecule has 4 heteroatoms. The van der Waals surface area contributed by atoms with E-state index in [1.54, 1.807) is 0 Å². The van der Waals surface area contributed by atoms with E-state index >= 15 is 0 Å². The molecular weight excluding hydrogens is 272 g/mol. The third-order valence-corrected chi connectivity index (χ3v) is 3.47. The van der Waals surface area contributed by atoms with Gasteiger partial charge in [0.15, 0.2) is 0 Å². The molecule has 0 aliphatic rings. The molecular formula is C18H24N4. The van der Waals surface area contributed by atoms with E-state index < -0.39 is 0 Å². The number of benzene rings is 1. The van der Waals surface area contributed by atoms with Crippen LogP contribution in [0.15, 0.2) is 41.5 Å². The van der Waals surface area contributed by atoms with E-state index in [9.17, 15) is 0 Å². The lowest BCUT2D eigenvalue weighted by Crippen LogP contribution is -2.12. The van der Waals surface area contributed by atoms with E-state index in [4.69, 9.17) is 0 Å². The van der Waals surface area contributed by atoms with Gasteiger partial charge >= 0.3 is 0 Å². The zero-order chi connectivity index (χ0) is 15.9. The Hall–Kier alpha value is -2.36. The summed E-state index contributed by atoms with van der Waals surface area (Å²) in [4.78, 5) is 8.91. The van der Waals surface area contributed by atoms with Crippen molar-refractivity contribution in [3.8, 4) is 11.1 Å². The van der Waals surface area contributed by atoms with Crippen molar-refractivity contribution >= 4 is 17.2 Å². The molecule has 0 radical (unpaired) electrons. The standard InChI is InChI=1S/C18H24N4/c1-5-20-14(3)11-21-17-10-16(12-22-18(17)19-4)15-8-6-13(2)7-9-15/h6-10,12,21H,5,11H2,1-4H3,(H,19,22)/b20-14+. The fourth-order valence-electron chi connectivity index (χ4n) is 2.25. The molecule has 0 unspecified atom stereocenters. The Morgan fingerprint density at radius 2 is 1.91 bits per heavy atom. The van der Waals surface area contributed by atoms with Gasteiger partial charge in [-0.1, -0.05) is 29.8 Å². The van der Waals surface area contributed by atoms with Gasteiger partial charge in [0.25, 0.3) is 0 Å². The van der Waals surface area contributed by atoms with Crippen LogP contribution in [0.4, 0.5) is 11.5 Å². The summed E-state index contributed by atoms with van der Waals surface area (Å²) in [5.74, 6) is 0.847. The van der Waals surface area contributed by atoms with Gasteiger partial charge in [-0.15, -0.1) is 0 Å². The molecule has 0 atom stereocenters. The number of nitrogens with one attached hydrogen (secondary N) is 2. The Bertz CT molecular complexity index is 645. The van der Waals surface area contributed by atoms with E-state index in [1.165, 1.54) is 11.1 Å². The van der Waals surface area contributed by atoms with Crippen molar-refractivity contribution < 1.29 is 0 Å². The molecule has 22 heavy (non-hydrogen) atoms. The minimum Gasteiger partial charge on any atom is -0.377 e. The average molecular weight is 296 g/mol. The maximum absolute atomic E-state index is 4.51. The molecule has 0 saturated carbocycles. The minimum atomic E-state index is 0.724. The highest BCUT2D eigenvalue weighted by Gasteiger charge is 2.06. The minimum absolute atomic E-state index is 0.724. The molecule has 116 valence electrons. The Morgan fingerprint density at radius 1 is 1.18 bits per heavy atom. The first kappa shape index (κ1) is 16.0. The fraction of sp³-hybridized carbons (Fsp3) is 0.333. The van der Waals surface area contributed by atoms with Crippen molar-refractivity contribution in [3.63, 3.8) is 0 Å². The number of rotatable bonds is 6. The molecule has 0 amide bonds. The van der Waals surface area contributed by atoms with Crippen LogP contribution in [0.2, 0.25) is 0 Å². The van der Waals surface area contributed by atoms with Gasteiger partial charge in [-0.25, -0.2) is 4.98 Å². The molecule has 0 saturated heterocycles. The number of hydrogen-bond acceptors (Lipinski definition) is 4. The summed E-state index contributed by atoms with van der Waals surface area (Å²) in [7, 11) is 1.88. The van der Waals surface area contributed by atoms with Crippen LogP contribution in [-0.2, 0) is 0 Å². The summed E-state index contributed by atoms with van der Waals surface area (Å²) in [6.45, 7) is 7.71. The number of aromatic nitrogens is 1. The second-order valence-corrected chi connectivity index (χ2v) is 5.30. The molecule has 0 fully saturated rings. The molecule has 0 aliphatic heterocycles. The van der Waals surface area contributed by atoms with Crippen LogP contribution in [0.25, 0.3) is 11.1 Å². The largest absolute Gasteiger partial charge is 0.377 e. The number of nitrogens with zero attached hydrogens (tertiary/aromatic N) is 2. The van der Waals surface area contributed by atoms with Gasteiger partial charge in [-0.2, -0.15) is 0 Å². The predicted octanol–water partition coefficient (Wildman–Crippen LogP) is 3.99. The fourth-order valence-corrected chi connectivity index (χ4v) is 2.25. The molecule has 2 rings (SSSR count). The normalized spacial score (nSPS) is 11.4. The maximum Gasteiger partial charge on any atom is 0.149 e. The Morgan fingerprint density at radius 3 is 2.55 bits per heavy atom.